The van der Waals surface area contributed by atoms with Gasteiger partial charge in [-0.15, -0.1) is 0 Å². The first-order valence-electron chi connectivity index (χ1n) is 10.3. The fourth-order valence-corrected chi connectivity index (χ4v) is 6.68. The number of ether oxygens (including phenoxy) is 3. The Hall–Kier alpha value is -2.15. The number of carbonyl (C=O) groups is 2. The summed E-state index contributed by atoms with van der Waals surface area (Å²) in [6.45, 7) is 1.90. The van der Waals surface area contributed by atoms with Gasteiger partial charge in [-0.2, -0.15) is 0 Å². The Morgan fingerprint density at radius 2 is 2.00 bits per heavy atom. The highest BCUT2D eigenvalue weighted by Gasteiger charge is 2.61. The van der Waals surface area contributed by atoms with Crippen molar-refractivity contribution >= 4 is 11.9 Å². The van der Waals surface area contributed by atoms with Crippen molar-refractivity contribution in [1.82, 2.24) is 5.32 Å². The van der Waals surface area contributed by atoms with Gasteiger partial charge in [-0.25, -0.2) is 4.39 Å². The number of amides is 1. The molecule has 1 amide bonds. The highest BCUT2D eigenvalue weighted by Crippen LogP contribution is 2.62. The van der Waals surface area contributed by atoms with Crippen LogP contribution in [0.4, 0.5) is 4.39 Å². The van der Waals surface area contributed by atoms with Crippen molar-refractivity contribution in [1.29, 1.82) is 0 Å². The normalized spacial score (nSPS) is 34.3. The quantitative estimate of drug-likeness (QED) is 0.782. The van der Waals surface area contributed by atoms with Crippen LogP contribution < -0.4 is 10.1 Å². The number of hydrogen-bond donors (Lipinski definition) is 1. The average molecular weight is 403 g/mol. The number of hydrogen-bond acceptors (Lipinski definition) is 5. The van der Waals surface area contributed by atoms with Crippen molar-refractivity contribution in [3.05, 3.63) is 29.1 Å². The summed E-state index contributed by atoms with van der Waals surface area (Å²) in [6.07, 6.45) is 5.29. The third-order valence-electron chi connectivity index (χ3n) is 7.05. The number of carbonyl (C=O) groups excluding carboxylic acids is 2. The molecular weight excluding hydrogens is 377 g/mol. The molecule has 6 nitrogen and oxygen atoms in total. The summed E-state index contributed by atoms with van der Waals surface area (Å²) in [4.78, 5) is 25.1. The van der Waals surface area contributed by atoms with Gasteiger partial charge in [0.15, 0.2) is 6.79 Å². The smallest absolute Gasteiger partial charge is 0.312 e. The maximum Gasteiger partial charge on any atom is 0.312 e. The van der Waals surface area contributed by atoms with Gasteiger partial charge in [-0.3, -0.25) is 9.59 Å². The fourth-order valence-electron chi connectivity index (χ4n) is 6.68. The minimum atomic E-state index is -0.552. The third kappa shape index (κ3) is 3.29. The first-order chi connectivity index (χ1) is 13.9. The van der Waals surface area contributed by atoms with Gasteiger partial charge in [0, 0.05) is 23.6 Å². The monoisotopic (exact) mass is 403 g/mol. The molecule has 156 valence electrons. The van der Waals surface area contributed by atoms with E-state index in [2.05, 4.69) is 5.32 Å². The summed E-state index contributed by atoms with van der Waals surface area (Å²) in [5, 5.41) is 3.16. The van der Waals surface area contributed by atoms with Gasteiger partial charge in [0.1, 0.15) is 18.2 Å². The summed E-state index contributed by atoms with van der Waals surface area (Å²) in [5.74, 6) is 0.762. The minimum absolute atomic E-state index is 0.0247. The highest BCUT2D eigenvalue weighted by molar-refractivity contribution is 5.79. The maximum atomic E-state index is 14.0. The lowest BCUT2D eigenvalue weighted by molar-refractivity contribution is -0.177. The van der Waals surface area contributed by atoms with Crippen LogP contribution in [0.25, 0.3) is 0 Å². The molecule has 1 aromatic rings. The second-order valence-corrected chi connectivity index (χ2v) is 9.44. The minimum Gasteiger partial charge on any atom is -0.467 e. The molecule has 0 radical (unpaired) electrons. The third-order valence-corrected chi connectivity index (χ3v) is 7.05. The lowest BCUT2D eigenvalue weighted by Gasteiger charge is -2.60. The van der Waals surface area contributed by atoms with E-state index < -0.39 is 11.2 Å². The first-order valence-corrected chi connectivity index (χ1v) is 10.3. The molecule has 4 fully saturated rings. The van der Waals surface area contributed by atoms with Crippen molar-refractivity contribution in [2.24, 2.45) is 17.3 Å². The van der Waals surface area contributed by atoms with Crippen LogP contribution in [0.15, 0.2) is 12.1 Å². The van der Waals surface area contributed by atoms with Crippen LogP contribution in [0.1, 0.15) is 56.6 Å². The van der Waals surface area contributed by atoms with E-state index in [1.807, 2.05) is 0 Å². The molecule has 1 N–H and O–H groups in total. The number of esters is 1. The van der Waals surface area contributed by atoms with Crippen LogP contribution in [0, 0.1) is 23.1 Å². The Kier molecular flexibility index (Phi) is 4.35. The number of fused-ring (bicyclic) bond motifs is 1. The Morgan fingerprint density at radius 3 is 2.72 bits per heavy atom. The van der Waals surface area contributed by atoms with E-state index in [-0.39, 0.29) is 37.4 Å². The van der Waals surface area contributed by atoms with Gasteiger partial charge in [-0.05, 0) is 62.5 Å². The van der Waals surface area contributed by atoms with Gasteiger partial charge in [-0.1, -0.05) is 0 Å². The lowest BCUT2D eigenvalue weighted by Crippen LogP contribution is -2.64. The van der Waals surface area contributed by atoms with Gasteiger partial charge < -0.3 is 19.5 Å². The highest BCUT2D eigenvalue weighted by atomic mass is 19.1. The van der Waals surface area contributed by atoms with Crippen molar-refractivity contribution in [3.8, 4) is 5.75 Å². The van der Waals surface area contributed by atoms with E-state index in [1.165, 1.54) is 12.1 Å². The molecule has 1 aromatic carbocycles. The van der Waals surface area contributed by atoms with Gasteiger partial charge in [0.05, 0.1) is 12.0 Å². The van der Waals surface area contributed by atoms with E-state index in [0.29, 0.717) is 35.1 Å². The zero-order valence-electron chi connectivity index (χ0n) is 16.6. The molecule has 2 unspecified atom stereocenters. The molecule has 1 aliphatic heterocycles. The maximum absolute atomic E-state index is 14.0. The van der Waals surface area contributed by atoms with Crippen molar-refractivity contribution < 1.29 is 28.2 Å². The Balaban J connectivity index is 1.35. The van der Waals surface area contributed by atoms with E-state index in [1.54, 1.807) is 6.92 Å². The number of halogens is 1. The first kappa shape index (κ1) is 18.9. The molecule has 5 aliphatic rings. The SMILES string of the molecule is CC(=O)NC12C[C@H]3C[C@@H](C1)CC(C(=O)OCc1cc(F)cc4c1OCOC4)(C3)C2. The molecule has 6 rings (SSSR count). The zero-order valence-corrected chi connectivity index (χ0v) is 16.6. The summed E-state index contributed by atoms with van der Waals surface area (Å²) in [5.41, 5.74) is 0.316. The lowest BCUT2D eigenvalue weighted by atomic mass is 9.47. The summed E-state index contributed by atoms with van der Waals surface area (Å²) >= 11 is 0. The van der Waals surface area contributed by atoms with E-state index in [4.69, 9.17) is 14.2 Å². The van der Waals surface area contributed by atoms with Crippen LogP contribution in [0.5, 0.6) is 5.75 Å². The molecule has 4 aliphatic carbocycles. The molecule has 0 aromatic heterocycles. The Morgan fingerprint density at radius 1 is 1.24 bits per heavy atom. The number of benzene rings is 1. The number of rotatable bonds is 4. The van der Waals surface area contributed by atoms with Gasteiger partial charge in [0.2, 0.25) is 5.91 Å². The summed E-state index contributed by atoms with van der Waals surface area (Å²) in [7, 11) is 0. The molecule has 4 atom stereocenters. The molecule has 4 bridgehead atoms. The van der Waals surface area contributed by atoms with E-state index in [0.717, 1.165) is 32.1 Å². The van der Waals surface area contributed by atoms with Gasteiger partial charge in [0.25, 0.3) is 0 Å². The Labute approximate surface area is 169 Å². The summed E-state index contributed by atoms with van der Waals surface area (Å²) in [6, 6.07) is 2.74. The molecule has 0 spiro atoms. The predicted octanol–water partition coefficient (Wildman–Crippen LogP) is 3.21. The standard InChI is InChI=1S/C22H26FNO5/c1-13(25)24-22-7-14-2-15(8-22)6-21(5-14,11-22)20(26)28-10-17-4-18(23)3-16-9-27-12-29-19(16)17/h3-4,14-15H,2,5-12H2,1H3,(H,24,25)/t14-,15+,21?,22?. The van der Waals surface area contributed by atoms with Crippen molar-refractivity contribution in [2.45, 2.75) is 64.2 Å². The number of nitrogens with one attached hydrogen (secondary N) is 1. The molecular formula is C22H26FNO5. The largest absolute Gasteiger partial charge is 0.467 e. The fraction of sp³-hybridized carbons (Fsp3) is 0.636. The molecule has 7 heteroatoms. The molecule has 1 heterocycles. The van der Waals surface area contributed by atoms with Gasteiger partial charge >= 0.3 is 5.97 Å². The second kappa shape index (κ2) is 6.69. The Bertz CT molecular complexity index is 855. The second-order valence-electron chi connectivity index (χ2n) is 9.44. The van der Waals surface area contributed by atoms with Crippen molar-refractivity contribution in [3.63, 3.8) is 0 Å². The van der Waals surface area contributed by atoms with E-state index >= 15 is 0 Å². The van der Waals surface area contributed by atoms with Crippen LogP contribution in [0.3, 0.4) is 0 Å². The van der Waals surface area contributed by atoms with Crippen LogP contribution in [-0.2, 0) is 32.3 Å². The van der Waals surface area contributed by atoms with Crippen LogP contribution in [0.2, 0.25) is 0 Å². The molecule has 4 saturated carbocycles. The summed E-state index contributed by atoms with van der Waals surface area (Å²) < 4.78 is 30.4. The molecule has 0 saturated heterocycles. The predicted molar refractivity (Wildman–Crippen MR) is 100 cm³/mol. The van der Waals surface area contributed by atoms with Crippen LogP contribution in [-0.4, -0.2) is 24.2 Å². The topological polar surface area (TPSA) is 73.9 Å². The van der Waals surface area contributed by atoms with Crippen LogP contribution >= 0.6 is 0 Å². The zero-order chi connectivity index (χ0) is 20.2. The van der Waals surface area contributed by atoms with E-state index in [9.17, 15) is 14.0 Å². The molecule has 29 heavy (non-hydrogen) atoms. The van der Waals surface area contributed by atoms with Crippen molar-refractivity contribution in [2.75, 3.05) is 6.79 Å². The average Bonchev–Trinajstić information content (AvgIpc) is 2.63.